The number of nitrogens with one attached hydrogen (secondary N) is 1. The fourth-order valence-electron chi connectivity index (χ4n) is 3.62. The molecule has 0 aromatic heterocycles. The fourth-order valence-corrected chi connectivity index (χ4v) is 3.62. The zero-order valence-electron chi connectivity index (χ0n) is 11.9. The van der Waals surface area contributed by atoms with E-state index in [1.54, 1.807) is 7.11 Å². The number of methoxy groups -OCH3 is 1. The van der Waals surface area contributed by atoms with E-state index < -0.39 is 0 Å². The van der Waals surface area contributed by atoms with Gasteiger partial charge in [0.05, 0.1) is 7.11 Å². The minimum atomic E-state index is 0.734. The van der Waals surface area contributed by atoms with E-state index in [2.05, 4.69) is 41.4 Å². The van der Waals surface area contributed by atoms with Crippen molar-refractivity contribution in [3.8, 4) is 5.75 Å². The van der Waals surface area contributed by atoms with Gasteiger partial charge in [0, 0.05) is 19.1 Å². The molecule has 2 aliphatic heterocycles. The molecule has 0 radical (unpaired) electrons. The van der Waals surface area contributed by atoms with Gasteiger partial charge in [-0.1, -0.05) is 12.1 Å². The third-order valence-corrected chi connectivity index (χ3v) is 4.90. The van der Waals surface area contributed by atoms with Gasteiger partial charge in [0.25, 0.3) is 0 Å². The van der Waals surface area contributed by atoms with Gasteiger partial charge in [-0.25, -0.2) is 0 Å². The van der Waals surface area contributed by atoms with Crippen LogP contribution in [0.3, 0.4) is 0 Å². The predicted octanol–water partition coefficient (Wildman–Crippen LogP) is 1.78. The maximum absolute atomic E-state index is 5.20. The van der Waals surface area contributed by atoms with Crippen molar-refractivity contribution in [1.29, 1.82) is 0 Å². The second-order valence-electron chi connectivity index (χ2n) is 5.92. The molecule has 3 nitrogen and oxygen atoms in total. The van der Waals surface area contributed by atoms with Crippen LogP contribution in [-0.4, -0.2) is 44.2 Å². The highest BCUT2D eigenvalue weighted by atomic mass is 16.5. The first-order valence-corrected chi connectivity index (χ1v) is 7.35. The molecule has 2 fully saturated rings. The summed E-state index contributed by atoms with van der Waals surface area (Å²) in [7, 11) is 1.72. The first kappa shape index (κ1) is 12.9. The van der Waals surface area contributed by atoms with E-state index in [0.29, 0.717) is 0 Å². The molecule has 3 unspecified atom stereocenters. The molecule has 3 heteroatoms. The fraction of sp³-hybridized carbons (Fsp3) is 0.625. The van der Waals surface area contributed by atoms with Crippen LogP contribution in [0.25, 0.3) is 0 Å². The summed E-state index contributed by atoms with van der Waals surface area (Å²) in [4.78, 5) is 2.67. The van der Waals surface area contributed by atoms with Crippen LogP contribution in [0.5, 0.6) is 5.75 Å². The summed E-state index contributed by atoms with van der Waals surface area (Å²) in [5.41, 5.74) is 1.41. The summed E-state index contributed by atoms with van der Waals surface area (Å²) in [6.45, 7) is 7.28. The molecule has 2 saturated heterocycles. The second-order valence-corrected chi connectivity index (χ2v) is 5.92. The smallest absolute Gasteiger partial charge is 0.118 e. The predicted molar refractivity (Wildman–Crippen MR) is 77.6 cm³/mol. The average molecular weight is 260 g/mol. The summed E-state index contributed by atoms with van der Waals surface area (Å²) in [5.74, 6) is 2.70. The quantitative estimate of drug-likeness (QED) is 0.893. The number of fused-ring (bicyclic) bond motifs is 1. The van der Waals surface area contributed by atoms with Crippen LogP contribution in [0, 0.1) is 11.8 Å². The Hall–Kier alpha value is -1.06. The normalized spacial score (nSPS) is 30.5. The average Bonchev–Trinajstić information content (AvgIpc) is 3.01. The van der Waals surface area contributed by atoms with Crippen LogP contribution in [0.4, 0.5) is 0 Å². The molecule has 3 rings (SSSR count). The summed E-state index contributed by atoms with van der Waals surface area (Å²) >= 11 is 0. The molecule has 1 N–H and O–H groups in total. The SMILES string of the molecule is COc1ccc(CCN2CC3CNCC3C2C)cc1. The molecule has 0 bridgehead atoms. The van der Waals surface area contributed by atoms with Gasteiger partial charge in [0.1, 0.15) is 5.75 Å². The van der Waals surface area contributed by atoms with Crippen LogP contribution in [0.15, 0.2) is 24.3 Å². The minimum Gasteiger partial charge on any atom is -0.497 e. The molecule has 1 aromatic rings. The standard InChI is InChI=1S/C16H24N2O/c1-12-16-10-17-9-14(16)11-18(12)8-7-13-3-5-15(19-2)6-4-13/h3-6,12,14,16-17H,7-11H2,1-2H3. The number of nitrogens with zero attached hydrogens (tertiary/aromatic N) is 1. The molecule has 0 spiro atoms. The Labute approximate surface area is 115 Å². The summed E-state index contributed by atoms with van der Waals surface area (Å²) in [6, 6.07) is 9.21. The number of rotatable bonds is 4. The van der Waals surface area contributed by atoms with Crippen LogP contribution in [0.1, 0.15) is 12.5 Å². The van der Waals surface area contributed by atoms with Crippen molar-refractivity contribution >= 4 is 0 Å². The van der Waals surface area contributed by atoms with Crippen LogP contribution >= 0.6 is 0 Å². The van der Waals surface area contributed by atoms with Gasteiger partial charge in [-0.2, -0.15) is 0 Å². The molecule has 2 aliphatic rings. The number of likely N-dealkylation sites (tertiary alicyclic amines) is 1. The summed E-state index contributed by atoms with van der Waals surface area (Å²) in [6.07, 6.45) is 1.14. The van der Waals surface area contributed by atoms with Gasteiger partial charge < -0.3 is 10.1 Å². The number of hydrogen-bond donors (Lipinski definition) is 1. The molecule has 0 aliphatic carbocycles. The molecule has 2 heterocycles. The van der Waals surface area contributed by atoms with Crippen LogP contribution < -0.4 is 10.1 Å². The van der Waals surface area contributed by atoms with Crippen LogP contribution in [0.2, 0.25) is 0 Å². The molecule has 104 valence electrons. The highest BCUT2D eigenvalue weighted by molar-refractivity contribution is 5.27. The van der Waals surface area contributed by atoms with Gasteiger partial charge in [0.15, 0.2) is 0 Å². The van der Waals surface area contributed by atoms with Gasteiger partial charge in [0.2, 0.25) is 0 Å². The van der Waals surface area contributed by atoms with Gasteiger partial charge in [-0.15, -0.1) is 0 Å². The molecular weight excluding hydrogens is 236 g/mol. The van der Waals surface area contributed by atoms with E-state index in [-0.39, 0.29) is 0 Å². The lowest BCUT2D eigenvalue weighted by Crippen LogP contribution is -2.34. The van der Waals surface area contributed by atoms with E-state index in [1.807, 2.05) is 0 Å². The van der Waals surface area contributed by atoms with Crippen molar-refractivity contribution in [2.45, 2.75) is 19.4 Å². The number of hydrogen-bond acceptors (Lipinski definition) is 3. The van der Waals surface area contributed by atoms with E-state index >= 15 is 0 Å². The molecule has 0 amide bonds. The Morgan fingerprint density at radius 1 is 1.26 bits per heavy atom. The Bertz CT molecular complexity index is 417. The second kappa shape index (κ2) is 5.51. The largest absolute Gasteiger partial charge is 0.497 e. The Morgan fingerprint density at radius 3 is 2.74 bits per heavy atom. The molecule has 3 atom stereocenters. The maximum atomic E-state index is 5.20. The maximum Gasteiger partial charge on any atom is 0.118 e. The third kappa shape index (κ3) is 2.63. The van der Waals surface area contributed by atoms with E-state index in [9.17, 15) is 0 Å². The topological polar surface area (TPSA) is 24.5 Å². The molecule has 0 saturated carbocycles. The van der Waals surface area contributed by atoms with Crippen LogP contribution in [-0.2, 0) is 6.42 Å². The minimum absolute atomic E-state index is 0.734. The monoisotopic (exact) mass is 260 g/mol. The zero-order chi connectivity index (χ0) is 13.2. The van der Waals surface area contributed by atoms with Crippen molar-refractivity contribution in [3.63, 3.8) is 0 Å². The van der Waals surface area contributed by atoms with E-state index in [1.165, 1.54) is 31.7 Å². The van der Waals surface area contributed by atoms with Crippen molar-refractivity contribution in [2.75, 3.05) is 33.3 Å². The first-order chi connectivity index (χ1) is 9.28. The van der Waals surface area contributed by atoms with Crippen molar-refractivity contribution < 1.29 is 4.74 Å². The highest BCUT2D eigenvalue weighted by Gasteiger charge is 2.41. The lowest BCUT2D eigenvalue weighted by atomic mass is 9.95. The van der Waals surface area contributed by atoms with Gasteiger partial charge >= 0.3 is 0 Å². The zero-order valence-corrected chi connectivity index (χ0v) is 11.9. The molecule has 19 heavy (non-hydrogen) atoms. The van der Waals surface area contributed by atoms with Crippen molar-refractivity contribution in [2.24, 2.45) is 11.8 Å². The van der Waals surface area contributed by atoms with Gasteiger partial charge in [-0.3, -0.25) is 4.90 Å². The van der Waals surface area contributed by atoms with E-state index in [4.69, 9.17) is 4.74 Å². The number of benzene rings is 1. The Balaban J connectivity index is 1.54. The molecule has 1 aromatic carbocycles. The number of ether oxygens (including phenoxy) is 1. The highest BCUT2D eigenvalue weighted by Crippen LogP contribution is 2.32. The van der Waals surface area contributed by atoms with Gasteiger partial charge in [-0.05, 0) is 56.0 Å². The lowest BCUT2D eigenvalue weighted by molar-refractivity contribution is 0.242. The molecular formula is C16H24N2O. The Kier molecular flexibility index (Phi) is 3.76. The van der Waals surface area contributed by atoms with Crippen molar-refractivity contribution in [3.05, 3.63) is 29.8 Å². The lowest BCUT2D eigenvalue weighted by Gasteiger charge is -2.24. The van der Waals surface area contributed by atoms with E-state index in [0.717, 1.165) is 30.0 Å². The summed E-state index contributed by atoms with van der Waals surface area (Å²) < 4.78 is 5.20. The van der Waals surface area contributed by atoms with Crippen molar-refractivity contribution in [1.82, 2.24) is 10.2 Å². The first-order valence-electron chi connectivity index (χ1n) is 7.35. The summed E-state index contributed by atoms with van der Waals surface area (Å²) in [5, 5.41) is 3.52. The Morgan fingerprint density at radius 2 is 2.05 bits per heavy atom. The third-order valence-electron chi connectivity index (χ3n) is 4.90.